The highest BCUT2D eigenvalue weighted by molar-refractivity contribution is 7.17. The van der Waals surface area contributed by atoms with Gasteiger partial charge in [-0.3, -0.25) is 14.4 Å². The molecule has 3 aliphatic rings. The van der Waals surface area contributed by atoms with E-state index in [2.05, 4.69) is 10.6 Å². The molecule has 0 radical (unpaired) electrons. The van der Waals surface area contributed by atoms with Crippen LogP contribution in [-0.2, 0) is 27.2 Å². The number of fused-ring (bicyclic) bond motifs is 1. The Labute approximate surface area is 186 Å². The molecule has 0 bridgehead atoms. The third kappa shape index (κ3) is 4.70. The largest absolute Gasteiger partial charge is 0.481 e. The van der Waals surface area contributed by atoms with Crippen LogP contribution in [-0.4, -0.2) is 42.1 Å². The predicted molar refractivity (Wildman–Crippen MR) is 118 cm³/mol. The van der Waals surface area contributed by atoms with Gasteiger partial charge >= 0.3 is 5.97 Å². The lowest BCUT2D eigenvalue weighted by molar-refractivity contribution is -0.147. The Kier molecular flexibility index (Phi) is 6.77. The van der Waals surface area contributed by atoms with E-state index in [0.29, 0.717) is 23.4 Å². The minimum atomic E-state index is -0.912. The van der Waals surface area contributed by atoms with E-state index < -0.39 is 17.8 Å². The van der Waals surface area contributed by atoms with E-state index in [-0.39, 0.29) is 24.0 Å². The Morgan fingerprint density at radius 1 is 1.03 bits per heavy atom. The average Bonchev–Trinajstić information content (AvgIpc) is 3.35. The summed E-state index contributed by atoms with van der Waals surface area (Å²) >= 11 is 1.47. The van der Waals surface area contributed by atoms with Crippen LogP contribution in [0.5, 0.6) is 0 Å². The molecule has 8 heteroatoms. The third-order valence-electron chi connectivity index (χ3n) is 6.74. The molecule has 1 fully saturated rings. The highest BCUT2D eigenvalue weighted by Crippen LogP contribution is 2.40. The van der Waals surface area contributed by atoms with Crippen LogP contribution >= 0.6 is 11.3 Å². The number of carboxylic acids is 1. The summed E-state index contributed by atoms with van der Waals surface area (Å²) in [4.78, 5) is 39.0. The summed E-state index contributed by atoms with van der Waals surface area (Å²) in [6.45, 7) is 0. The summed E-state index contributed by atoms with van der Waals surface area (Å²) in [5, 5.41) is 16.1. The fourth-order valence-corrected chi connectivity index (χ4v) is 6.32. The van der Waals surface area contributed by atoms with E-state index in [4.69, 9.17) is 4.74 Å². The highest BCUT2D eigenvalue weighted by Gasteiger charge is 2.37. The lowest BCUT2D eigenvalue weighted by Crippen LogP contribution is -2.38. The minimum Gasteiger partial charge on any atom is -0.481 e. The number of aliphatic carboxylic acids is 1. The zero-order valence-corrected chi connectivity index (χ0v) is 18.6. The van der Waals surface area contributed by atoms with Gasteiger partial charge in [0, 0.05) is 18.0 Å². The van der Waals surface area contributed by atoms with Crippen LogP contribution in [0.15, 0.2) is 12.2 Å². The number of ether oxygens (including phenoxy) is 1. The molecule has 3 N–H and O–H groups in total. The Bertz CT molecular complexity index is 893. The predicted octanol–water partition coefficient (Wildman–Crippen LogP) is 3.53. The van der Waals surface area contributed by atoms with Gasteiger partial charge in [0.2, 0.25) is 5.91 Å². The number of carbonyl (C=O) groups excluding carboxylic acids is 2. The van der Waals surface area contributed by atoms with Crippen molar-refractivity contribution in [2.75, 3.05) is 12.4 Å². The van der Waals surface area contributed by atoms with Crippen LogP contribution in [0.2, 0.25) is 0 Å². The highest BCUT2D eigenvalue weighted by atomic mass is 32.1. The summed E-state index contributed by atoms with van der Waals surface area (Å²) in [6, 6.07) is -0.0610. The molecule has 3 aliphatic carbocycles. The summed E-state index contributed by atoms with van der Waals surface area (Å²) < 4.78 is 5.34. The fraction of sp³-hybridized carbons (Fsp3) is 0.609. The van der Waals surface area contributed by atoms with Crippen molar-refractivity contribution in [1.82, 2.24) is 5.32 Å². The molecule has 2 amide bonds. The number of carboxylic acid groups (broad SMARTS) is 1. The zero-order chi connectivity index (χ0) is 22.0. The van der Waals surface area contributed by atoms with Crippen molar-refractivity contribution in [1.29, 1.82) is 0 Å². The third-order valence-corrected chi connectivity index (χ3v) is 7.95. The number of thiophene rings is 1. The Balaban J connectivity index is 1.52. The number of anilines is 1. The minimum absolute atomic E-state index is 0.0610. The first-order valence-electron chi connectivity index (χ1n) is 11.2. The van der Waals surface area contributed by atoms with Gasteiger partial charge in [-0.05, 0) is 50.5 Å². The summed E-state index contributed by atoms with van der Waals surface area (Å²) in [5.74, 6) is -2.56. The molecule has 1 aromatic heterocycles. The molecule has 1 aromatic rings. The van der Waals surface area contributed by atoms with E-state index >= 15 is 0 Å². The summed E-state index contributed by atoms with van der Waals surface area (Å²) in [6.07, 6.45) is 11.2. The number of aryl methyl sites for hydroxylation is 1. The molecule has 4 atom stereocenters. The van der Waals surface area contributed by atoms with Crippen LogP contribution in [0.4, 0.5) is 5.00 Å². The van der Waals surface area contributed by atoms with Gasteiger partial charge in [-0.1, -0.05) is 25.0 Å². The number of nitrogens with one attached hydrogen (secondary N) is 2. The lowest BCUT2D eigenvalue weighted by Gasteiger charge is -2.27. The van der Waals surface area contributed by atoms with Crippen LogP contribution in [0, 0.1) is 11.8 Å². The van der Waals surface area contributed by atoms with E-state index in [1.165, 1.54) is 11.3 Å². The van der Waals surface area contributed by atoms with Gasteiger partial charge in [0.05, 0.1) is 23.5 Å². The second-order valence-electron chi connectivity index (χ2n) is 8.70. The molecular weight excluding hydrogens is 416 g/mol. The molecule has 7 nitrogen and oxygen atoms in total. The Morgan fingerprint density at radius 2 is 1.81 bits per heavy atom. The fourth-order valence-electron chi connectivity index (χ4n) is 5.03. The topological polar surface area (TPSA) is 105 Å². The normalized spacial score (nSPS) is 27.5. The van der Waals surface area contributed by atoms with Gasteiger partial charge in [-0.25, -0.2) is 0 Å². The van der Waals surface area contributed by atoms with Gasteiger partial charge in [0.15, 0.2) is 0 Å². The quantitative estimate of drug-likeness (QED) is 0.580. The van der Waals surface area contributed by atoms with Gasteiger partial charge in [-0.15, -0.1) is 11.3 Å². The first-order chi connectivity index (χ1) is 15.0. The number of hydrogen-bond acceptors (Lipinski definition) is 5. The SMILES string of the molecule is CO[C@@H]1C=C[C@@H](NC(=O)c2c(NC(=O)C3CCCCC3C(=O)O)sc3c2CCC3)CC1. The number of carbonyl (C=O) groups is 3. The average molecular weight is 447 g/mol. The maximum Gasteiger partial charge on any atom is 0.307 e. The van der Waals surface area contributed by atoms with E-state index in [1.54, 1.807) is 7.11 Å². The molecular formula is C23H30N2O5S. The lowest BCUT2D eigenvalue weighted by atomic mass is 9.79. The Hall–Kier alpha value is -2.19. The maximum atomic E-state index is 13.2. The molecule has 31 heavy (non-hydrogen) atoms. The molecule has 1 heterocycles. The van der Waals surface area contributed by atoms with E-state index in [0.717, 1.165) is 55.4 Å². The van der Waals surface area contributed by atoms with Crippen LogP contribution in [0.1, 0.15) is 65.7 Å². The van der Waals surface area contributed by atoms with Gasteiger partial charge in [-0.2, -0.15) is 0 Å². The van der Waals surface area contributed by atoms with Crippen molar-refractivity contribution >= 4 is 34.1 Å². The molecule has 4 rings (SSSR count). The van der Waals surface area contributed by atoms with Gasteiger partial charge in [0.25, 0.3) is 5.91 Å². The number of methoxy groups -OCH3 is 1. The molecule has 0 aliphatic heterocycles. The zero-order valence-electron chi connectivity index (χ0n) is 17.8. The monoisotopic (exact) mass is 446 g/mol. The molecule has 1 saturated carbocycles. The van der Waals surface area contributed by atoms with Crippen LogP contribution < -0.4 is 10.6 Å². The van der Waals surface area contributed by atoms with E-state index in [1.807, 2.05) is 12.2 Å². The van der Waals surface area contributed by atoms with Crippen molar-refractivity contribution in [3.8, 4) is 0 Å². The molecule has 0 spiro atoms. The standard InChI is InChI=1S/C23H30N2O5S/c1-30-14-11-9-13(10-12-14)24-21(27)19-17-7-4-8-18(17)31-22(19)25-20(26)15-5-2-3-6-16(15)23(28)29/h9,11,13-16H,2-8,10,12H2,1H3,(H,24,27)(H,25,26)(H,28,29)/t13-,14-,15?,16?/m1/s1. The number of amides is 2. The van der Waals surface area contributed by atoms with Crippen molar-refractivity contribution in [2.45, 2.75) is 69.9 Å². The van der Waals surface area contributed by atoms with E-state index in [9.17, 15) is 19.5 Å². The molecule has 2 unspecified atom stereocenters. The van der Waals surface area contributed by atoms with Crippen molar-refractivity contribution in [3.63, 3.8) is 0 Å². The number of hydrogen-bond donors (Lipinski definition) is 3. The van der Waals surface area contributed by atoms with Crippen molar-refractivity contribution in [2.24, 2.45) is 11.8 Å². The van der Waals surface area contributed by atoms with Crippen LogP contribution in [0.25, 0.3) is 0 Å². The first kappa shape index (κ1) is 22.0. The van der Waals surface area contributed by atoms with Crippen LogP contribution in [0.3, 0.4) is 0 Å². The molecule has 0 saturated heterocycles. The molecule has 168 valence electrons. The smallest absolute Gasteiger partial charge is 0.307 e. The van der Waals surface area contributed by atoms with Gasteiger partial charge in [0.1, 0.15) is 5.00 Å². The summed E-state index contributed by atoms with van der Waals surface area (Å²) in [7, 11) is 1.68. The van der Waals surface area contributed by atoms with Crippen molar-refractivity contribution in [3.05, 3.63) is 28.2 Å². The van der Waals surface area contributed by atoms with Crippen molar-refractivity contribution < 1.29 is 24.2 Å². The Morgan fingerprint density at radius 3 is 2.48 bits per heavy atom. The number of rotatable bonds is 6. The molecule has 0 aromatic carbocycles. The second-order valence-corrected chi connectivity index (χ2v) is 9.81. The first-order valence-corrected chi connectivity index (χ1v) is 12.0. The summed E-state index contributed by atoms with van der Waals surface area (Å²) in [5.41, 5.74) is 1.60. The van der Waals surface area contributed by atoms with Gasteiger partial charge < -0.3 is 20.5 Å². The second kappa shape index (κ2) is 9.53. The maximum absolute atomic E-state index is 13.2.